The van der Waals surface area contributed by atoms with Gasteiger partial charge in [-0.3, -0.25) is 0 Å². The molecular formula is C14H10ClF3O2. The van der Waals surface area contributed by atoms with Crippen LogP contribution in [-0.4, -0.2) is 5.11 Å². The van der Waals surface area contributed by atoms with E-state index in [0.29, 0.717) is 10.8 Å². The van der Waals surface area contributed by atoms with Crippen molar-refractivity contribution in [2.75, 3.05) is 0 Å². The number of halogens is 4. The lowest BCUT2D eigenvalue weighted by molar-refractivity contribution is -0.138. The van der Waals surface area contributed by atoms with Crippen molar-refractivity contribution in [2.24, 2.45) is 0 Å². The van der Waals surface area contributed by atoms with Crippen LogP contribution < -0.4 is 4.74 Å². The van der Waals surface area contributed by atoms with Gasteiger partial charge in [-0.2, -0.15) is 13.2 Å². The van der Waals surface area contributed by atoms with Gasteiger partial charge in [0.15, 0.2) is 0 Å². The van der Waals surface area contributed by atoms with Crippen LogP contribution in [0.2, 0.25) is 5.02 Å². The molecule has 0 aliphatic carbocycles. The van der Waals surface area contributed by atoms with E-state index in [9.17, 15) is 13.2 Å². The molecular weight excluding hydrogens is 293 g/mol. The second-order valence-corrected chi connectivity index (χ2v) is 4.47. The van der Waals surface area contributed by atoms with E-state index < -0.39 is 18.3 Å². The first-order chi connectivity index (χ1) is 9.40. The van der Waals surface area contributed by atoms with Crippen LogP contribution in [0.1, 0.15) is 11.1 Å². The van der Waals surface area contributed by atoms with Crippen LogP contribution in [0.4, 0.5) is 13.2 Å². The lowest BCUT2D eigenvalue weighted by Gasteiger charge is -2.13. The van der Waals surface area contributed by atoms with Gasteiger partial charge in [-0.1, -0.05) is 17.7 Å². The molecule has 0 fully saturated rings. The Balaban J connectivity index is 2.31. The molecule has 0 saturated carbocycles. The Morgan fingerprint density at radius 3 is 2.15 bits per heavy atom. The number of aliphatic hydroxyl groups excluding tert-OH is 1. The standard InChI is InChI=1S/C14H10ClF3O2/c15-10-2-5-11(6-3-10)20-12-4-1-9(8-19)13(7-12)14(16,17)18/h1-7,19H,8H2. The van der Waals surface area contributed by atoms with Crippen molar-refractivity contribution >= 4 is 11.6 Å². The molecule has 0 aliphatic heterocycles. The van der Waals surface area contributed by atoms with Crippen molar-refractivity contribution in [3.63, 3.8) is 0 Å². The molecule has 0 amide bonds. The molecule has 0 saturated heterocycles. The van der Waals surface area contributed by atoms with E-state index in [2.05, 4.69) is 0 Å². The number of hydrogen-bond acceptors (Lipinski definition) is 2. The van der Waals surface area contributed by atoms with Crippen LogP contribution in [0.25, 0.3) is 0 Å². The van der Waals surface area contributed by atoms with Crippen LogP contribution >= 0.6 is 11.6 Å². The Hall–Kier alpha value is -1.72. The van der Waals surface area contributed by atoms with E-state index >= 15 is 0 Å². The van der Waals surface area contributed by atoms with E-state index in [1.54, 1.807) is 24.3 Å². The number of alkyl halides is 3. The smallest absolute Gasteiger partial charge is 0.416 e. The number of aliphatic hydroxyl groups is 1. The molecule has 0 bridgehead atoms. The lowest BCUT2D eigenvalue weighted by Crippen LogP contribution is -2.09. The van der Waals surface area contributed by atoms with E-state index in [-0.39, 0.29) is 11.3 Å². The van der Waals surface area contributed by atoms with Crippen molar-refractivity contribution < 1.29 is 23.0 Å². The minimum Gasteiger partial charge on any atom is -0.457 e. The number of hydrogen-bond donors (Lipinski definition) is 1. The lowest BCUT2D eigenvalue weighted by atomic mass is 10.1. The van der Waals surface area contributed by atoms with Gasteiger partial charge in [-0.05, 0) is 42.0 Å². The Labute approximate surface area is 118 Å². The first-order valence-electron chi connectivity index (χ1n) is 5.64. The normalized spacial score (nSPS) is 11.4. The molecule has 2 aromatic carbocycles. The molecule has 6 heteroatoms. The molecule has 0 unspecified atom stereocenters. The zero-order valence-corrected chi connectivity index (χ0v) is 10.9. The van der Waals surface area contributed by atoms with Gasteiger partial charge in [-0.25, -0.2) is 0 Å². The van der Waals surface area contributed by atoms with Crippen molar-refractivity contribution in [1.29, 1.82) is 0 Å². The Morgan fingerprint density at radius 2 is 1.60 bits per heavy atom. The summed E-state index contributed by atoms with van der Waals surface area (Å²) in [5, 5.41) is 9.44. The largest absolute Gasteiger partial charge is 0.457 e. The summed E-state index contributed by atoms with van der Waals surface area (Å²) in [6, 6.07) is 9.67. The van der Waals surface area contributed by atoms with Gasteiger partial charge in [0.25, 0.3) is 0 Å². The first-order valence-corrected chi connectivity index (χ1v) is 6.02. The summed E-state index contributed by atoms with van der Waals surface area (Å²) in [5.74, 6) is 0.413. The molecule has 0 heterocycles. The fourth-order valence-electron chi connectivity index (χ4n) is 1.66. The second-order valence-electron chi connectivity index (χ2n) is 4.03. The average molecular weight is 303 g/mol. The van der Waals surface area contributed by atoms with Gasteiger partial charge in [0.1, 0.15) is 11.5 Å². The molecule has 0 spiro atoms. The van der Waals surface area contributed by atoms with Gasteiger partial charge in [0.05, 0.1) is 12.2 Å². The van der Waals surface area contributed by atoms with Crippen LogP contribution in [0.5, 0.6) is 11.5 Å². The van der Waals surface area contributed by atoms with E-state index in [4.69, 9.17) is 21.4 Å². The van der Waals surface area contributed by atoms with Crippen LogP contribution in [-0.2, 0) is 12.8 Å². The summed E-state index contributed by atoms with van der Waals surface area (Å²) >= 11 is 5.71. The molecule has 2 rings (SSSR count). The van der Waals surface area contributed by atoms with E-state index in [1.165, 1.54) is 12.1 Å². The summed E-state index contributed by atoms with van der Waals surface area (Å²) in [7, 11) is 0. The van der Waals surface area contributed by atoms with Crippen LogP contribution in [0.3, 0.4) is 0 Å². The fourth-order valence-corrected chi connectivity index (χ4v) is 1.79. The van der Waals surface area contributed by atoms with Crippen LogP contribution in [0.15, 0.2) is 42.5 Å². The summed E-state index contributed by atoms with van der Waals surface area (Å²) in [4.78, 5) is 0. The minimum absolute atomic E-state index is 0.0387. The maximum Gasteiger partial charge on any atom is 0.416 e. The zero-order chi connectivity index (χ0) is 14.8. The van der Waals surface area contributed by atoms with Crippen molar-refractivity contribution in [3.8, 4) is 11.5 Å². The Morgan fingerprint density at radius 1 is 1.00 bits per heavy atom. The molecule has 2 nitrogen and oxygen atoms in total. The maximum atomic E-state index is 12.8. The third kappa shape index (κ3) is 3.43. The van der Waals surface area contributed by atoms with Gasteiger partial charge < -0.3 is 9.84 Å². The topological polar surface area (TPSA) is 29.5 Å². The third-order valence-corrected chi connectivity index (χ3v) is 2.86. The van der Waals surface area contributed by atoms with Crippen LogP contribution in [0, 0.1) is 0 Å². The Kier molecular flexibility index (Phi) is 4.20. The minimum atomic E-state index is -4.54. The summed E-state index contributed by atoms with van der Waals surface area (Å²) in [5.41, 5.74) is -1.10. The second kappa shape index (κ2) is 5.73. The third-order valence-electron chi connectivity index (χ3n) is 2.61. The SMILES string of the molecule is OCc1ccc(Oc2ccc(Cl)cc2)cc1C(F)(F)F. The molecule has 0 radical (unpaired) electrons. The van der Waals surface area contributed by atoms with Crippen molar-refractivity contribution in [2.45, 2.75) is 12.8 Å². The van der Waals surface area contributed by atoms with Gasteiger partial charge in [0, 0.05) is 5.02 Å². The molecule has 0 aliphatic rings. The molecule has 0 atom stereocenters. The molecule has 106 valence electrons. The number of rotatable bonds is 3. The highest BCUT2D eigenvalue weighted by molar-refractivity contribution is 6.30. The van der Waals surface area contributed by atoms with Gasteiger partial charge >= 0.3 is 6.18 Å². The molecule has 1 N–H and O–H groups in total. The molecule has 20 heavy (non-hydrogen) atoms. The molecule has 2 aromatic rings. The number of ether oxygens (including phenoxy) is 1. The highest BCUT2D eigenvalue weighted by Crippen LogP contribution is 2.35. The van der Waals surface area contributed by atoms with Crippen molar-refractivity contribution in [3.05, 3.63) is 58.6 Å². The zero-order valence-electron chi connectivity index (χ0n) is 10.1. The fraction of sp³-hybridized carbons (Fsp3) is 0.143. The number of benzene rings is 2. The first kappa shape index (κ1) is 14.7. The maximum absolute atomic E-state index is 12.8. The quantitative estimate of drug-likeness (QED) is 0.894. The average Bonchev–Trinajstić information content (AvgIpc) is 2.40. The monoisotopic (exact) mass is 302 g/mol. The van der Waals surface area contributed by atoms with E-state index in [0.717, 1.165) is 6.07 Å². The Bertz CT molecular complexity index is 594. The van der Waals surface area contributed by atoms with Gasteiger partial charge in [-0.15, -0.1) is 0 Å². The van der Waals surface area contributed by atoms with Gasteiger partial charge in [0.2, 0.25) is 0 Å². The summed E-state index contributed by atoms with van der Waals surface area (Å²) in [6.45, 7) is -0.684. The summed E-state index contributed by atoms with van der Waals surface area (Å²) < 4.78 is 43.8. The predicted octanol–water partition coefficient (Wildman–Crippen LogP) is 4.64. The summed E-state index contributed by atoms with van der Waals surface area (Å²) in [6.07, 6.45) is -4.54. The van der Waals surface area contributed by atoms with E-state index in [1.807, 2.05) is 0 Å². The highest BCUT2D eigenvalue weighted by atomic mass is 35.5. The highest BCUT2D eigenvalue weighted by Gasteiger charge is 2.33. The van der Waals surface area contributed by atoms with Crippen molar-refractivity contribution in [1.82, 2.24) is 0 Å². The predicted molar refractivity (Wildman–Crippen MR) is 68.9 cm³/mol. The molecule has 0 aromatic heterocycles.